The van der Waals surface area contributed by atoms with Gasteiger partial charge in [-0.25, -0.2) is 0 Å². The largest absolute Gasteiger partial charge is 0.384 e. The normalized spacial score (nSPS) is 11.5. The molecule has 0 bridgehead atoms. The van der Waals surface area contributed by atoms with Crippen LogP contribution in [0.3, 0.4) is 0 Å². The van der Waals surface area contributed by atoms with Crippen LogP contribution >= 0.6 is 0 Å². The van der Waals surface area contributed by atoms with E-state index in [9.17, 15) is 4.79 Å². The van der Waals surface area contributed by atoms with Gasteiger partial charge in [-0.2, -0.15) is 0 Å². The van der Waals surface area contributed by atoms with Gasteiger partial charge in [-0.15, -0.1) is 0 Å². The molecular formula is C16H10O2. The molecule has 1 N–H and O–H groups in total. The maximum atomic E-state index is 12.2. The number of aliphatic hydroxyl groups excluding tert-OH is 1. The van der Waals surface area contributed by atoms with Gasteiger partial charge >= 0.3 is 0 Å². The molecule has 3 rings (SSSR count). The second-order valence-electron chi connectivity index (χ2n) is 4.09. The first-order valence-corrected chi connectivity index (χ1v) is 5.69. The van der Waals surface area contributed by atoms with Crippen molar-refractivity contribution in [3.8, 4) is 23.0 Å². The van der Waals surface area contributed by atoms with Crippen molar-refractivity contribution in [1.82, 2.24) is 0 Å². The van der Waals surface area contributed by atoms with E-state index in [1.54, 1.807) is 6.07 Å². The van der Waals surface area contributed by atoms with E-state index in [2.05, 4.69) is 11.8 Å². The molecule has 1 aliphatic rings. The number of hydrogen-bond acceptors (Lipinski definition) is 2. The molecule has 0 spiro atoms. The van der Waals surface area contributed by atoms with E-state index in [0.717, 1.165) is 22.3 Å². The fourth-order valence-electron chi connectivity index (χ4n) is 2.25. The Balaban J connectivity index is 2.17. The number of benzene rings is 2. The van der Waals surface area contributed by atoms with Crippen molar-refractivity contribution >= 4 is 5.78 Å². The SMILES string of the molecule is O=C1c2ccccc2-c2ccc(C#CCO)cc21. The summed E-state index contributed by atoms with van der Waals surface area (Å²) in [6, 6.07) is 13.2. The first kappa shape index (κ1) is 10.8. The van der Waals surface area contributed by atoms with E-state index >= 15 is 0 Å². The second kappa shape index (κ2) is 4.14. The standard InChI is InChI=1S/C16H10O2/c17-9-3-4-11-7-8-13-12-5-1-2-6-14(12)16(18)15(13)10-11/h1-2,5-8,10,17H,9H2. The summed E-state index contributed by atoms with van der Waals surface area (Å²) in [7, 11) is 0. The summed E-state index contributed by atoms with van der Waals surface area (Å²) in [4.78, 5) is 12.2. The Bertz CT molecular complexity index is 703. The molecule has 2 heteroatoms. The molecule has 2 nitrogen and oxygen atoms in total. The topological polar surface area (TPSA) is 37.3 Å². The molecule has 2 aromatic carbocycles. The molecule has 0 amide bonds. The molecule has 0 aliphatic heterocycles. The molecule has 86 valence electrons. The third kappa shape index (κ3) is 1.54. The fourth-order valence-corrected chi connectivity index (χ4v) is 2.25. The van der Waals surface area contributed by atoms with E-state index in [1.165, 1.54) is 0 Å². The van der Waals surface area contributed by atoms with Crippen molar-refractivity contribution in [2.45, 2.75) is 0 Å². The van der Waals surface area contributed by atoms with Crippen LogP contribution in [0.2, 0.25) is 0 Å². The van der Waals surface area contributed by atoms with Gasteiger partial charge in [0.1, 0.15) is 6.61 Å². The van der Waals surface area contributed by atoms with Crippen LogP contribution < -0.4 is 0 Å². The Kier molecular flexibility index (Phi) is 2.47. The van der Waals surface area contributed by atoms with Gasteiger partial charge in [-0.1, -0.05) is 42.2 Å². The number of hydrogen-bond donors (Lipinski definition) is 1. The minimum atomic E-state index is -0.175. The maximum absolute atomic E-state index is 12.2. The van der Waals surface area contributed by atoms with E-state index in [-0.39, 0.29) is 12.4 Å². The molecule has 0 heterocycles. The summed E-state index contributed by atoms with van der Waals surface area (Å²) in [6.45, 7) is -0.175. The van der Waals surface area contributed by atoms with Crippen molar-refractivity contribution in [3.63, 3.8) is 0 Å². The van der Waals surface area contributed by atoms with E-state index in [1.807, 2.05) is 36.4 Å². The maximum Gasteiger partial charge on any atom is 0.194 e. The van der Waals surface area contributed by atoms with Crippen LogP contribution in [0, 0.1) is 11.8 Å². The predicted octanol–water partition coefficient (Wildman–Crippen LogP) is 2.24. The molecule has 0 aromatic heterocycles. The summed E-state index contributed by atoms with van der Waals surface area (Å²) >= 11 is 0. The number of ketones is 1. The number of carbonyl (C=O) groups excluding carboxylic acids is 1. The highest BCUT2D eigenvalue weighted by Gasteiger charge is 2.25. The highest BCUT2D eigenvalue weighted by atomic mass is 16.2. The Morgan fingerprint density at radius 1 is 0.944 bits per heavy atom. The van der Waals surface area contributed by atoms with Crippen LogP contribution in [-0.4, -0.2) is 17.5 Å². The van der Waals surface area contributed by atoms with Gasteiger partial charge in [0, 0.05) is 16.7 Å². The Morgan fingerprint density at radius 2 is 1.67 bits per heavy atom. The highest BCUT2D eigenvalue weighted by Crippen LogP contribution is 2.36. The zero-order chi connectivity index (χ0) is 12.5. The summed E-state index contributed by atoms with van der Waals surface area (Å²) in [5.74, 6) is 5.45. The van der Waals surface area contributed by atoms with Gasteiger partial charge in [0.05, 0.1) is 0 Å². The quantitative estimate of drug-likeness (QED) is 0.606. The molecule has 0 atom stereocenters. The number of aliphatic hydroxyl groups is 1. The second-order valence-corrected chi connectivity index (χ2v) is 4.09. The van der Waals surface area contributed by atoms with Crippen LogP contribution in [0.25, 0.3) is 11.1 Å². The van der Waals surface area contributed by atoms with E-state index in [0.29, 0.717) is 5.56 Å². The highest BCUT2D eigenvalue weighted by molar-refractivity contribution is 6.21. The zero-order valence-corrected chi connectivity index (χ0v) is 9.60. The first-order chi connectivity index (χ1) is 8.81. The molecule has 0 fully saturated rings. The lowest BCUT2D eigenvalue weighted by Crippen LogP contribution is -1.95. The zero-order valence-electron chi connectivity index (χ0n) is 9.60. The van der Waals surface area contributed by atoms with E-state index in [4.69, 9.17) is 5.11 Å². The van der Waals surface area contributed by atoms with Gasteiger partial charge in [-0.3, -0.25) is 4.79 Å². The lowest BCUT2D eigenvalue weighted by Gasteiger charge is -1.99. The average Bonchev–Trinajstić information content (AvgIpc) is 2.71. The molecule has 2 aromatic rings. The number of fused-ring (bicyclic) bond motifs is 3. The molecule has 0 unspecified atom stereocenters. The average molecular weight is 234 g/mol. The van der Waals surface area contributed by atoms with Crippen LogP contribution in [0.4, 0.5) is 0 Å². The van der Waals surface area contributed by atoms with Crippen LogP contribution in [0.5, 0.6) is 0 Å². The molecule has 18 heavy (non-hydrogen) atoms. The monoisotopic (exact) mass is 234 g/mol. The van der Waals surface area contributed by atoms with Crippen LogP contribution in [0.15, 0.2) is 42.5 Å². The molecular weight excluding hydrogens is 224 g/mol. The molecule has 0 radical (unpaired) electrons. The molecule has 0 saturated heterocycles. The van der Waals surface area contributed by atoms with Crippen molar-refractivity contribution in [3.05, 3.63) is 59.2 Å². The third-order valence-electron chi connectivity index (χ3n) is 3.04. The Hall–Kier alpha value is -2.37. The van der Waals surface area contributed by atoms with Crippen molar-refractivity contribution < 1.29 is 9.90 Å². The van der Waals surface area contributed by atoms with Gasteiger partial charge in [0.15, 0.2) is 5.78 Å². The Morgan fingerprint density at radius 3 is 2.44 bits per heavy atom. The summed E-state index contributed by atoms with van der Waals surface area (Å²) in [6.07, 6.45) is 0. The molecule has 0 saturated carbocycles. The minimum Gasteiger partial charge on any atom is -0.384 e. The lowest BCUT2D eigenvalue weighted by molar-refractivity contribution is 0.104. The Labute approximate surface area is 105 Å². The third-order valence-corrected chi connectivity index (χ3v) is 3.04. The summed E-state index contributed by atoms with van der Waals surface area (Å²) < 4.78 is 0. The minimum absolute atomic E-state index is 0.0493. The van der Waals surface area contributed by atoms with Crippen molar-refractivity contribution in [2.75, 3.05) is 6.61 Å². The van der Waals surface area contributed by atoms with Gasteiger partial charge in [0.25, 0.3) is 0 Å². The van der Waals surface area contributed by atoms with Gasteiger partial charge in [-0.05, 0) is 23.3 Å². The number of rotatable bonds is 0. The summed E-state index contributed by atoms with van der Waals surface area (Å²) in [5.41, 5.74) is 4.15. The van der Waals surface area contributed by atoms with Crippen LogP contribution in [0.1, 0.15) is 21.5 Å². The lowest BCUT2D eigenvalue weighted by atomic mass is 10.0. The number of carbonyl (C=O) groups is 1. The van der Waals surface area contributed by atoms with Crippen molar-refractivity contribution in [1.29, 1.82) is 0 Å². The fraction of sp³-hybridized carbons (Fsp3) is 0.0625. The predicted molar refractivity (Wildman–Crippen MR) is 69.3 cm³/mol. The molecule has 1 aliphatic carbocycles. The van der Waals surface area contributed by atoms with Gasteiger partial charge < -0.3 is 5.11 Å². The van der Waals surface area contributed by atoms with Crippen LogP contribution in [-0.2, 0) is 0 Å². The van der Waals surface area contributed by atoms with E-state index < -0.39 is 0 Å². The van der Waals surface area contributed by atoms with Crippen molar-refractivity contribution in [2.24, 2.45) is 0 Å². The first-order valence-electron chi connectivity index (χ1n) is 5.69. The summed E-state index contributed by atoms with van der Waals surface area (Å²) in [5, 5.41) is 8.67. The smallest absolute Gasteiger partial charge is 0.194 e. The van der Waals surface area contributed by atoms with Gasteiger partial charge in [0.2, 0.25) is 0 Å².